The SMILES string of the molecule is CS(=O)(=O)N1CCC[C@@H](C(=O)N2CCN(Cc3cccc(Cl)c3)CC2)C1. The van der Waals surface area contributed by atoms with Crippen molar-refractivity contribution < 1.29 is 13.2 Å². The number of amides is 1. The van der Waals surface area contributed by atoms with Crippen molar-refractivity contribution in [3.8, 4) is 0 Å². The number of benzene rings is 1. The van der Waals surface area contributed by atoms with Crippen LogP contribution in [0.25, 0.3) is 0 Å². The van der Waals surface area contributed by atoms with E-state index in [2.05, 4.69) is 11.0 Å². The van der Waals surface area contributed by atoms with E-state index in [1.807, 2.05) is 23.1 Å². The summed E-state index contributed by atoms with van der Waals surface area (Å²) in [5.41, 5.74) is 1.17. The average Bonchev–Trinajstić information content (AvgIpc) is 2.61. The van der Waals surface area contributed by atoms with Crippen LogP contribution >= 0.6 is 11.6 Å². The van der Waals surface area contributed by atoms with Gasteiger partial charge < -0.3 is 4.90 Å². The van der Waals surface area contributed by atoms with E-state index in [1.54, 1.807) is 0 Å². The number of halogens is 1. The molecule has 1 aromatic carbocycles. The van der Waals surface area contributed by atoms with Crippen LogP contribution in [0.1, 0.15) is 18.4 Å². The summed E-state index contributed by atoms with van der Waals surface area (Å²) in [6, 6.07) is 7.85. The van der Waals surface area contributed by atoms with Crippen molar-refractivity contribution in [2.24, 2.45) is 5.92 Å². The van der Waals surface area contributed by atoms with Gasteiger partial charge in [0.1, 0.15) is 0 Å². The Kier molecular flexibility index (Phi) is 6.22. The third-order valence-electron chi connectivity index (χ3n) is 5.18. The third-order valence-corrected chi connectivity index (χ3v) is 6.69. The first-order chi connectivity index (χ1) is 12.3. The molecule has 0 aliphatic carbocycles. The number of hydrogen-bond donors (Lipinski definition) is 0. The van der Waals surface area contributed by atoms with Crippen molar-refractivity contribution in [3.63, 3.8) is 0 Å². The fourth-order valence-electron chi connectivity index (χ4n) is 3.72. The summed E-state index contributed by atoms with van der Waals surface area (Å²) in [6.07, 6.45) is 2.74. The number of carbonyl (C=O) groups is 1. The summed E-state index contributed by atoms with van der Waals surface area (Å²) in [5, 5.41) is 0.740. The monoisotopic (exact) mass is 399 g/mol. The zero-order valence-electron chi connectivity index (χ0n) is 15.1. The van der Waals surface area contributed by atoms with E-state index in [1.165, 1.54) is 16.1 Å². The first-order valence-corrected chi connectivity index (χ1v) is 11.3. The van der Waals surface area contributed by atoms with Crippen molar-refractivity contribution in [2.45, 2.75) is 19.4 Å². The molecule has 2 saturated heterocycles. The Morgan fingerprint density at radius 1 is 1.19 bits per heavy atom. The molecule has 1 aromatic rings. The molecule has 6 nitrogen and oxygen atoms in total. The molecule has 3 rings (SSSR count). The van der Waals surface area contributed by atoms with E-state index in [-0.39, 0.29) is 11.8 Å². The van der Waals surface area contributed by atoms with Crippen molar-refractivity contribution in [1.29, 1.82) is 0 Å². The minimum atomic E-state index is -3.23. The van der Waals surface area contributed by atoms with Crippen molar-refractivity contribution in [1.82, 2.24) is 14.1 Å². The van der Waals surface area contributed by atoms with Gasteiger partial charge in [0.05, 0.1) is 12.2 Å². The summed E-state index contributed by atoms with van der Waals surface area (Å²) in [4.78, 5) is 17.0. The van der Waals surface area contributed by atoms with Crippen LogP contribution in [0.5, 0.6) is 0 Å². The Morgan fingerprint density at radius 2 is 1.92 bits per heavy atom. The van der Waals surface area contributed by atoms with Crippen molar-refractivity contribution in [3.05, 3.63) is 34.9 Å². The molecule has 0 aromatic heterocycles. The maximum atomic E-state index is 12.8. The number of piperidine rings is 1. The van der Waals surface area contributed by atoms with Gasteiger partial charge in [-0.05, 0) is 30.5 Å². The zero-order valence-corrected chi connectivity index (χ0v) is 16.7. The highest BCUT2D eigenvalue weighted by Crippen LogP contribution is 2.22. The van der Waals surface area contributed by atoms with E-state index in [9.17, 15) is 13.2 Å². The fourth-order valence-corrected chi connectivity index (χ4v) is 4.85. The lowest BCUT2D eigenvalue weighted by Crippen LogP contribution is -2.52. The Hall–Kier alpha value is -1.15. The van der Waals surface area contributed by atoms with Gasteiger partial charge in [-0.3, -0.25) is 9.69 Å². The van der Waals surface area contributed by atoms with E-state index in [4.69, 9.17) is 11.6 Å². The first kappa shape index (κ1) is 19.6. The standard InChI is InChI=1S/C18H26ClN3O3S/c1-26(24,25)22-7-3-5-16(14-22)18(23)21-10-8-20(9-11-21)13-15-4-2-6-17(19)12-15/h2,4,6,12,16H,3,5,7-11,13-14H2,1H3/t16-/m1/s1. The first-order valence-electron chi connectivity index (χ1n) is 9.03. The number of rotatable bonds is 4. The van der Waals surface area contributed by atoms with Crippen LogP contribution in [0.15, 0.2) is 24.3 Å². The lowest BCUT2D eigenvalue weighted by atomic mass is 9.97. The molecule has 0 saturated carbocycles. The third kappa shape index (κ3) is 4.97. The Bertz CT molecular complexity index is 748. The van der Waals surface area contributed by atoms with Crippen LogP contribution < -0.4 is 0 Å². The molecule has 1 amide bonds. The van der Waals surface area contributed by atoms with Crippen LogP contribution in [0, 0.1) is 5.92 Å². The number of sulfonamides is 1. The van der Waals surface area contributed by atoms with Gasteiger partial charge >= 0.3 is 0 Å². The number of piperazine rings is 1. The maximum absolute atomic E-state index is 12.8. The second-order valence-electron chi connectivity index (χ2n) is 7.19. The molecule has 2 heterocycles. The van der Waals surface area contributed by atoms with Gasteiger partial charge in [-0.1, -0.05) is 23.7 Å². The minimum absolute atomic E-state index is 0.0979. The summed E-state index contributed by atoms with van der Waals surface area (Å²) < 4.78 is 25.0. The molecule has 144 valence electrons. The molecule has 2 aliphatic heterocycles. The molecular formula is C18H26ClN3O3S. The van der Waals surface area contributed by atoms with Crippen LogP contribution in [0.4, 0.5) is 0 Å². The minimum Gasteiger partial charge on any atom is -0.340 e. The Morgan fingerprint density at radius 3 is 2.58 bits per heavy atom. The highest BCUT2D eigenvalue weighted by Gasteiger charge is 2.33. The smallest absolute Gasteiger partial charge is 0.227 e. The lowest BCUT2D eigenvalue weighted by molar-refractivity contribution is -0.138. The van der Waals surface area contributed by atoms with Gasteiger partial charge in [0, 0.05) is 50.8 Å². The van der Waals surface area contributed by atoms with Gasteiger partial charge in [-0.2, -0.15) is 0 Å². The summed E-state index contributed by atoms with van der Waals surface area (Å²) >= 11 is 6.04. The molecular weight excluding hydrogens is 374 g/mol. The molecule has 1 atom stereocenters. The van der Waals surface area contributed by atoms with Gasteiger partial charge in [0.15, 0.2) is 0 Å². The average molecular weight is 400 g/mol. The van der Waals surface area contributed by atoms with Crippen molar-refractivity contribution in [2.75, 3.05) is 45.5 Å². The lowest BCUT2D eigenvalue weighted by Gasteiger charge is -2.38. The van der Waals surface area contributed by atoms with E-state index in [0.717, 1.165) is 37.5 Å². The molecule has 8 heteroatoms. The molecule has 0 N–H and O–H groups in total. The zero-order chi connectivity index (χ0) is 18.7. The summed E-state index contributed by atoms with van der Waals surface area (Å²) in [7, 11) is -3.23. The Labute approximate surface area is 160 Å². The van der Waals surface area contributed by atoms with Crippen LogP contribution in [0.3, 0.4) is 0 Å². The largest absolute Gasteiger partial charge is 0.340 e. The molecule has 0 bridgehead atoms. The van der Waals surface area contributed by atoms with Crippen LogP contribution in [-0.2, 0) is 21.4 Å². The van der Waals surface area contributed by atoms with Crippen LogP contribution in [0.2, 0.25) is 5.02 Å². The Balaban J connectivity index is 1.52. The number of hydrogen-bond acceptors (Lipinski definition) is 4. The van der Waals surface area contributed by atoms with E-state index >= 15 is 0 Å². The van der Waals surface area contributed by atoms with Gasteiger partial charge in [-0.15, -0.1) is 0 Å². The molecule has 26 heavy (non-hydrogen) atoms. The molecule has 2 fully saturated rings. The second kappa shape index (κ2) is 8.25. The van der Waals surface area contributed by atoms with Crippen LogP contribution in [-0.4, -0.2) is 74.0 Å². The topological polar surface area (TPSA) is 60.9 Å². The van der Waals surface area contributed by atoms with Crippen molar-refractivity contribution >= 4 is 27.5 Å². The predicted molar refractivity (Wildman–Crippen MR) is 102 cm³/mol. The normalized spacial score (nSPS) is 23.2. The van der Waals surface area contributed by atoms with Gasteiger partial charge in [0.2, 0.25) is 15.9 Å². The molecule has 0 unspecified atom stereocenters. The summed E-state index contributed by atoms with van der Waals surface area (Å²) in [6.45, 7) is 4.69. The highest BCUT2D eigenvalue weighted by molar-refractivity contribution is 7.88. The molecule has 0 spiro atoms. The predicted octanol–water partition coefficient (Wildman–Crippen LogP) is 1.66. The highest BCUT2D eigenvalue weighted by atomic mass is 35.5. The second-order valence-corrected chi connectivity index (χ2v) is 9.61. The number of nitrogens with zero attached hydrogens (tertiary/aromatic N) is 3. The summed E-state index contributed by atoms with van der Waals surface area (Å²) in [5.74, 6) is -0.112. The number of carbonyl (C=O) groups excluding carboxylic acids is 1. The molecule has 0 radical (unpaired) electrons. The fraction of sp³-hybridized carbons (Fsp3) is 0.611. The van der Waals surface area contributed by atoms with Gasteiger partial charge in [-0.25, -0.2) is 12.7 Å². The molecule has 2 aliphatic rings. The van der Waals surface area contributed by atoms with E-state index < -0.39 is 10.0 Å². The quantitative estimate of drug-likeness (QED) is 0.772. The maximum Gasteiger partial charge on any atom is 0.227 e. The van der Waals surface area contributed by atoms with E-state index in [0.29, 0.717) is 26.2 Å². The van der Waals surface area contributed by atoms with Gasteiger partial charge in [0.25, 0.3) is 0 Å².